The number of rotatable bonds is 5. The summed E-state index contributed by atoms with van der Waals surface area (Å²) in [7, 11) is 4.05. The van der Waals surface area contributed by atoms with Crippen LogP contribution < -0.4 is 0 Å². The van der Waals surface area contributed by atoms with Gasteiger partial charge >= 0.3 is 0 Å². The molecule has 0 unspecified atom stereocenters. The Morgan fingerprint density at radius 3 is 2.57 bits per heavy atom. The van der Waals surface area contributed by atoms with Crippen molar-refractivity contribution in [2.24, 2.45) is 0 Å². The van der Waals surface area contributed by atoms with Gasteiger partial charge in [-0.2, -0.15) is 5.10 Å². The van der Waals surface area contributed by atoms with E-state index in [1.165, 1.54) is 6.07 Å². The van der Waals surface area contributed by atoms with E-state index in [9.17, 15) is 4.39 Å². The van der Waals surface area contributed by atoms with Gasteiger partial charge in [-0.15, -0.1) is 0 Å². The molecule has 0 spiro atoms. The highest BCUT2D eigenvalue weighted by atomic mass is 19.1. The first-order chi connectivity index (χ1) is 17.1. The molecule has 0 aliphatic carbocycles. The summed E-state index contributed by atoms with van der Waals surface area (Å²) in [5.41, 5.74) is 7.23. The third kappa shape index (κ3) is 3.81. The van der Waals surface area contributed by atoms with Gasteiger partial charge in [-0.3, -0.25) is 15.1 Å². The fourth-order valence-corrected chi connectivity index (χ4v) is 4.23. The molecule has 6 aromatic rings. The summed E-state index contributed by atoms with van der Waals surface area (Å²) in [5, 5.41) is 7.51. The smallest absolute Gasteiger partial charge is 0.161 e. The Morgan fingerprint density at radius 2 is 1.71 bits per heavy atom. The molecule has 8 nitrogen and oxygen atoms in total. The zero-order valence-corrected chi connectivity index (χ0v) is 19.1. The summed E-state index contributed by atoms with van der Waals surface area (Å²) >= 11 is 0. The Morgan fingerprint density at radius 1 is 0.857 bits per heavy atom. The molecule has 2 N–H and O–H groups in total. The van der Waals surface area contributed by atoms with Gasteiger partial charge in [-0.1, -0.05) is 18.2 Å². The predicted molar refractivity (Wildman–Crippen MR) is 133 cm³/mol. The summed E-state index contributed by atoms with van der Waals surface area (Å²) in [6.07, 6.45) is 6.96. The fraction of sp³-hybridized carbons (Fsp3) is 0.115. The maximum absolute atomic E-state index is 14.5. The number of fused-ring (bicyclic) bond motifs is 2. The molecular weight excluding hydrogens is 443 g/mol. The van der Waals surface area contributed by atoms with Gasteiger partial charge in [0.1, 0.15) is 16.9 Å². The van der Waals surface area contributed by atoms with Crippen molar-refractivity contribution in [1.29, 1.82) is 0 Å². The Balaban J connectivity index is 1.46. The monoisotopic (exact) mass is 464 g/mol. The van der Waals surface area contributed by atoms with Crippen LogP contribution in [-0.4, -0.2) is 54.1 Å². The van der Waals surface area contributed by atoms with Crippen LogP contribution in [0, 0.1) is 5.82 Å². The Labute approximate surface area is 199 Å². The van der Waals surface area contributed by atoms with E-state index in [-0.39, 0.29) is 5.82 Å². The lowest BCUT2D eigenvalue weighted by Crippen LogP contribution is -2.10. The lowest BCUT2D eigenvalue weighted by atomic mass is 10.1. The second-order valence-electron chi connectivity index (χ2n) is 8.63. The van der Waals surface area contributed by atoms with Crippen molar-refractivity contribution in [3.63, 3.8) is 0 Å². The third-order valence-electron chi connectivity index (χ3n) is 5.78. The molecule has 0 saturated heterocycles. The van der Waals surface area contributed by atoms with Crippen molar-refractivity contribution >= 4 is 22.1 Å². The highest BCUT2D eigenvalue weighted by Gasteiger charge is 2.18. The number of halogens is 1. The van der Waals surface area contributed by atoms with Gasteiger partial charge in [0, 0.05) is 41.8 Å². The molecule has 0 amide bonds. The zero-order chi connectivity index (χ0) is 23.9. The van der Waals surface area contributed by atoms with E-state index in [1.807, 2.05) is 32.4 Å². The van der Waals surface area contributed by atoms with Crippen molar-refractivity contribution in [3.8, 4) is 33.9 Å². The van der Waals surface area contributed by atoms with Gasteiger partial charge in [0.2, 0.25) is 0 Å². The Hall–Kier alpha value is -4.50. The summed E-state index contributed by atoms with van der Waals surface area (Å²) in [6.45, 7) is 0.789. The highest BCUT2D eigenvalue weighted by Crippen LogP contribution is 2.32. The molecule has 0 aliphatic rings. The molecule has 5 heterocycles. The minimum absolute atomic E-state index is 0.326. The highest BCUT2D eigenvalue weighted by molar-refractivity contribution is 5.95. The lowest BCUT2D eigenvalue weighted by Gasteiger charge is -2.10. The van der Waals surface area contributed by atoms with Crippen molar-refractivity contribution < 1.29 is 4.39 Å². The maximum atomic E-state index is 14.5. The van der Waals surface area contributed by atoms with Gasteiger partial charge in [-0.25, -0.2) is 14.4 Å². The number of hydrogen-bond acceptors (Lipinski definition) is 6. The molecule has 0 aliphatic heterocycles. The summed E-state index contributed by atoms with van der Waals surface area (Å²) in [5.74, 6) is 0.203. The number of pyridine rings is 3. The van der Waals surface area contributed by atoms with E-state index in [0.717, 1.165) is 28.9 Å². The van der Waals surface area contributed by atoms with E-state index in [0.29, 0.717) is 39.2 Å². The first-order valence-corrected chi connectivity index (χ1v) is 11.1. The third-order valence-corrected chi connectivity index (χ3v) is 5.78. The van der Waals surface area contributed by atoms with Crippen molar-refractivity contribution in [2.75, 3.05) is 14.1 Å². The SMILES string of the molecule is CN(C)Cc1cncc(-c2ccc3[nH]nc(-c4nc5c(-c6ccccc6F)cncc5[nH]4)c3n2)c1. The molecule has 172 valence electrons. The van der Waals surface area contributed by atoms with Gasteiger partial charge in [-0.05, 0) is 43.9 Å². The van der Waals surface area contributed by atoms with E-state index < -0.39 is 0 Å². The molecule has 1 aromatic carbocycles. The van der Waals surface area contributed by atoms with E-state index in [4.69, 9.17) is 9.97 Å². The predicted octanol–water partition coefficient (Wildman–Crippen LogP) is 4.83. The lowest BCUT2D eigenvalue weighted by molar-refractivity contribution is 0.402. The van der Waals surface area contributed by atoms with Crippen LogP contribution in [0.25, 0.3) is 56.0 Å². The van der Waals surface area contributed by atoms with Crippen LogP contribution in [0.5, 0.6) is 0 Å². The number of benzene rings is 1. The quantitative estimate of drug-likeness (QED) is 0.379. The van der Waals surface area contributed by atoms with Crippen LogP contribution in [0.15, 0.2) is 67.3 Å². The first-order valence-electron chi connectivity index (χ1n) is 11.1. The molecule has 0 saturated carbocycles. The number of aromatic nitrogens is 7. The normalized spacial score (nSPS) is 11.7. The standard InChI is InChI=1S/C26H21FN8/c1-35(2)14-15-9-16(11-28-10-15)20-7-8-21-24(30-20)25(34-33-21)26-31-22-13-29-12-18(23(22)32-26)17-5-3-4-6-19(17)27/h3-13H,14H2,1-2H3,(H,31,32)(H,33,34). The molecule has 5 aromatic heterocycles. The van der Waals surface area contributed by atoms with E-state index >= 15 is 0 Å². The summed E-state index contributed by atoms with van der Waals surface area (Å²) in [6, 6.07) is 12.6. The number of aromatic amines is 2. The van der Waals surface area contributed by atoms with Crippen molar-refractivity contribution in [3.05, 3.63) is 78.6 Å². The van der Waals surface area contributed by atoms with Gasteiger partial charge in [0.25, 0.3) is 0 Å². The van der Waals surface area contributed by atoms with Gasteiger partial charge < -0.3 is 9.88 Å². The summed E-state index contributed by atoms with van der Waals surface area (Å²) < 4.78 is 14.5. The summed E-state index contributed by atoms with van der Waals surface area (Å²) in [4.78, 5) is 23.7. The van der Waals surface area contributed by atoms with Gasteiger partial charge in [0.15, 0.2) is 11.5 Å². The van der Waals surface area contributed by atoms with Crippen LogP contribution >= 0.6 is 0 Å². The van der Waals surface area contributed by atoms with E-state index in [2.05, 4.69) is 36.1 Å². The first kappa shape index (κ1) is 21.1. The van der Waals surface area contributed by atoms with Gasteiger partial charge in [0.05, 0.1) is 22.9 Å². The fourth-order valence-electron chi connectivity index (χ4n) is 4.23. The van der Waals surface area contributed by atoms with E-state index in [1.54, 1.807) is 36.8 Å². The van der Waals surface area contributed by atoms with Crippen molar-refractivity contribution in [1.82, 2.24) is 40.0 Å². The maximum Gasteiger partial charge on any atom is 0.161 e. The molecule has 35 heavy (non-hydrogen) atoms. The van der Waals surface area contributed by atoms with Crippen LogP contribution in [0.1, 0.15) is 5.56 Å². The van der Waals surface area contributed by atoms with Crippen molar-refractivity contribution in [2.45, 2.75) is 6.54 Å². The molecule has 0 atom stereocenters. The second-order valence-corrected chi connectivity index (χ2v) is 8.63. The van der Waals surface area contributed by atoms with Crippen LogP contribution in [-0.2, 0) is 6.54 Å². The molecular formula is C26H21FN8. The number of imidazole rings is 1. The average molecular weight is 465 g/mol. The minimum atomic E-state index is -0.326. The zero-order valence-electron chi connectivity index (χ0n) is 19.1. The molecule has 6 rings (SSSR count). The number of hydrogen-bond donors (Lipinski definition) is 2. The molecule has 0 fully saturated rings. The second kappa shape index (κ2) is 8.37. The topological polar surface area (TPSA) is 99.3 Å². The Bertz CT molecular complexity index is 1680. The van der Waals surface area contributed by atoms with Crippen LogP contribution in [0.2, 0.25) is 0 Å². The number of H-pyrrole nitrogens is 2. The minimum Gasteiger partial charge on any atom is -0.335 e. The molecule has 0 radical (unpaired) electrons. The number of nitrogens with zero attached hydrogens (tertiary/aromatic N) is 6. The van der Waals surface area contributed by atoms with Crippen LogP contribution in [0.3, 0.4) is 0 Å². The Kier molecular flexibility index (Phi) is 5.04. The average Bonchev–Trinajstić information content (AvgIpc) is 3.47. The number of nitrogens with one attached hydrogen (secondary N) is 2. The molecule has 9 heteroatoms. The molecule has 0 bridgehead atoms. The van der Waals surface area contributed by atoms with Crippen LogP contribution in [0.4, 0.5) is 4.39 Å². The largest absolute Gasteiger partial charge is 0.335 e.